The molecule has 8 aromatic carbocycles. The standard InChI is InChI=1S/C51H34N2S/c1-5-18-35(19-6-1)51(36-20-7-2-8-21-36)44-29-15-13-26-40(44)41-33-32-39(34-45(41)51)52(37-22-9-3-10-23-37)47-31-17-28-43-48-50(54-49(43)47)42-27-14-16-30-46(42)53(48)38-24-11-4-12-25-38/h1-34H. The highest BCUT2D eigenvalue weighted by Crippen LogP contribution is 2.57. The number of fused-ring (bicyclic) bond motifs is 8. The Kier molecular flexibility index (Phi) is 6.98. The summed E-state index contributed by atoms with van der Waals surface area (Å²) in [5.41, 5.74) is 14.3. The molecular weight excluding hydrogens is 673 g/mol. The number of rotatable bonds is 6. The quantitative estimate of drug-likeness (QED) is 0.167. The Bertz CT molecular complexity index is 2940. The van der Waals surface area contributed by atoms with Gasteiger partial charge in [-0.15, -0.1) is 11.3 Å². The Hall–Kier alpha value is -6.68. The van der Waals surface area contributed by atoms with E-state index < -0.39 is 5.41 Å². The van der Waals surface area contributed by atoms with E-state index in [0.29, 0.717) is 0 Å². The van der Waals surface area contributed by atoms with Gasteiger partial charge in [-0.2, -0.15) is 0 Å². The van der Waals surface area contributed by atoms with Crippen molar-refractivity contribution in [2.75, 3.05) is 4.90 Å². The monoisotopic (exact) mass is 706 g/mol. The summed E-state index contributed by atoms with van der Waals surface area (Å²) >= 11 is 1.90. The lowest BCUT2D eigenvalue weighted by Crippen LogP contribution is -2.28. The van der Waals surface area contributed by atoms with E-state index in [1.807, 2.05) is 11.3 Å². The molecular formula is C51H34N2S. The molecule has 54 heavy (non-hydrogen) atoms. The first kappa shape index (κ1) is 30.9. The summed E-state index contributed by atoms with van der Waals surface area (Å²) < 4.78 is 5.02. The summed E-state index contributed by atoms with van der Waals surface area (Å²) in [5.74, 6) is 0. The molecule has 3 heteroatoms. The van der Waals surface area contributed by atoms with E-state index in [-0.39, 0.29) is 0 Å². The molecule has 1 aliphatic rings. The molecule has 254 valence electrons. The zero-order valence-electron chi connectivity index (χ0n) is 29.4. The first-order chi connectivity index (χ1) is 26.8. The SMILES string of the molecule is c1ccc(N(c2ccc3c(c2)C(c2ccccc2)(c2ccccc2)c2ccccc2-3)c2cccc3c2sc2c4ccccc4n(-c4ccccc4)c32)cc1. The lowest BCUT2D eigenvalue weighted by atomic mass is 9.67. The lowest BCUT2D eigenvalue weighted by molar-refractivity contribution is 0.768. The Morgan fingerprint density at radius 3 is 1.76 bits per heavy atom. The predicted molar refractivity (Wildman–Crippen MR) is 228 cm³/mol. The highest BCUT2D eigenvalue weighted by atomic mass is 32.1. The van der Waals surface area contributed by atoms with Gasteiger partial charge in [0.15, 0.2) is 0 Å². The molecule has 0 atom stereocenters. The van der Waals surface area contributed by atoms with Crippen LogP contribution in [0.1, 0.15) is 22.3 Å². The molecule has 0 radical (unpaired) electrons. The fraction of sp³-hybridized carbons (Fsp3) is 0.0196. The molecule has 11 rings (SSSR count). The summed E-state index contributed by atoms with van der Waals surface area (Å²) in [7, 11) is 0. The summed E-state index contributed by atoms with van der Waals surface area (Å²) in [4.78, 5) is 2.47. The maximum absolute atomic E-state index is 2.47. The van der Waals surface area contributed by atoms with Crippen LogP contribution in [0.3, 0.4) is 0 Å². The molecule has 1 aliphatic carbocycles. The molecule has 0 aliphatic heterocycles. The van der Waals surface area contributed by atoms with Gasteiger partial charge in [-0.3, -0.25) is 0 Å². The van der Waals surface area contributed by atoms with E-state index >= 15 is 0 Å². The van der Waals surface area contributed by atoms with E-state index in [9.17, 15) is 0 Å². The second-order valence-corrected chi connectivity index (χ2v) is 15.1. The van der Waals surface area contributed by atoms with Crippen molar-refractivity contribution in [3.63, 3.8) is 0 Å². The van der Waals surface area contributed by atoms with Gasteiger partial charge in [0.05, 0.1) is 31.5 Å². The Labute approximate surface area is 318 Å². The minimum atomic E-state index is -0.483. The van der Waals surface area contributed by atoms with Crippen molar-refractivity contribution in [3.8, 4) is 16.8 Å². The van der Waals surface area contributed by atoms with E-state index in [1.54, 1.807) is 0 Å². The third-order valence-electron chi connectivity index (χ3n) is 11.3. The van der Waals surface area contributed by atoms with Crippen molar-refractivity contribution in [1.29, 1.82) is 0 Å². The van der Waals surface area contributed by atoms with Crippen LogP contribution in [0.5, 0.6) is 0 Å². The fourth-order valence-electron chi connectivity index (χ4n) is 9.07. The van der Waals surface area contributed by atoms with Crippen molar-refractivity contribution in [3.05, 3.63) is 229 Å². The van der Waals surface area contributed by atoms with Crippen molar-refractivity contribution in [2.24, 2.45) is 0 Å². The van der Waals surface area contributed by atoms with Crippen LogP contribution in [0.2, 0.25) is 0 Å². The van der Waals surface area contributed by atoms with Crippen molar-refractivity contribution in [2.45, 2.75) is 5.41 Å². The molecule has 0 spiro atoms. The van der Waals surface area contributed by atoms with Gasteiger partial charge in [0.2, 0.25) is 0 Å². The van der Waals surface area contributed by atoms with E-state index in [2.05, 4.69) is 216 Å². The van der Waals surface area contributed by atoms with Gasteiger partial charge >= 0.3 is 0 Å². The number of hydrogen-bond donors (Lipinski definition) is 0. The van der Waals surface area contributed by atoms with E-state index in [0.717, 1.165) is 11.4 Å². The molecule has 0 unspecified atom stereocenters. The van der Waals surface area contributed by atoms with Crippen LogP contribution >= 0.6 is 11.3 Å². The highest BCUT2D eigenvalue weighted by Gasteiger charge is 2.46. The van der Waals surface area contributed by atoms with Crippen LogP contribution in [0.4, 0.5) is 17.1 Å². The number of anilines is 3. The minimum Gasteiger partial charge on any atom is -0.309 e. The van der Waals surface area contributed by atoms with Crippen LogP contribution in [0, 0.1) is 0 Å². The molecule has 2 nitrogen and oxygen atoms in total. The number of hydrogen-bond acceptors (Lipinski definition) is 2. The van der Waals surface area contributed by atoms with Gasteiger partial charge in [-0.1, -0.05) is 158 Å². The van der Waals surface area contributed by atoms with Gasteiger partial charge < -0.3 is 9.47 Å². The second-order valence-electron chi connectivity index (χ2n) is 14.1. The van der Waals surface area contributed by atoms with Crippen LogP contribution in [0.25, 0.3) is 48.0 Å². The van der Waals surface area contributed by atoms with Gasteiger partial charge in [-0.05, 0) is 81.9 Å². The van der Waals surface area contributed by atoms with Crippen molar-refractivity contribution < 1.29 is 0 Å². The molecule has 0 saturated carbocycles. The molecule has 2 heterocycles. The van der Waals surface area contributed by atoms with Gasteiger partial charge in [0.1, 0.15) is 0 Å². The average molecular weight is 707 g/mol. The molecule has 2 aromatic heterocycles. The first-order valence-electron chi connectivity index (χ1n) is 18.5. The summed E-state index contributed by atoms with van der Waals surface area (Å²) in [6.45, 7) is 0. The van der Waals surface area contributed by atoms with Crippen LogP contribution in [0.15, 0.2) is 206 Å². The maximum Gasteiger partial charge on any atom is 0.0728 e. The van der Waals surface area contributed by atoms with Crippen molar-refractivity contribution in [1.82, 2.24) is 4.57 Å². The highest BCUT2D eigenvalue weighted by molar-refractivity contribution is 7.27. The smallest absolute Gasteiger partial charge is 0.0728 e. The third-order valence-corrected chi connectivity index (χ3v) is 12.5. The first-order valence-corrected chi connectivity index (χ1v) is 19.3. The normalized spacial score (nSPS) is 13.0. The molecule has 10 aromatic rings. The third kappa shape index (κ3) is 4.39. The predicted octanol–water partition coefficient (Wildman–Crippen LogP) is 13.8. The zero-order chi connectivity index (χ0) is 35.6. The van der Waals surface area contributed by atoms with E-state index in [1.165, 1.54) is 76.0 Å². The van der Waals surface area contributed by atoms with Crippen LogP contribution in [-0.2, 0) is 5.41 Å². The minimum absolute atomic E-state index is 0.483. The number of thiophene rings is 1. The summed E-state index contributed by atoms with van der Waals surface area (Å²) in [6.07, 6.45) is 0. The second kappa shape index (κ2) is 12.2. The Balaban J connectivity index is 1.20. The molecule has 0 bridgehead atoms. The lowest BCUT2D eigenvalue weighted by Gasteiger charge is -2.35. The van der Waals surface area contributed by atoms with Gasteiger partial charge in [-0.25, -0.2) is 0 Å². The number of nitrogens with zero attached hydrogens (tertiary/aromatic N) is 2. The largest absolute Gasteiger partial charge is 0.309 e. The summed E-state index contributed by atoms with van der Waals surface area (Å²) in [5, 5.41) is 2.53. The molecule has 0 saturated heterocycles. The molecule has 0 amide bonds. The topological polar surface area (TPSA) is 8.17 Å². The maximum atomic E-state index is 2.47. The molecule has 0 fully saturated rings. The van der Waals surface area contributed by atoms with Gasteiger partial charge in [0.25, 0.3) is 0 Å². The van der Waals surface area contributed by atoms with Gasteiger partial charge in [0, 0.05) is 27.8 Å². The zero-order valence-corrected chi connectivity index (χ0v) is 30.2. The summed E-state index contributed by atoms with van der Waals surface area (Å²) in [6, 6.07) is 75.5. The fourth-order valence-corrected chi connectivity index (χ4v) is 10.4. The Morgan fingerprint density at radius 2 is 1.02 bits per heavy atom. The van der Waals surface area contributed by atoms with Crippen molar-refractivity contribution >= 4 is 59.6 Å². The average Bonchev–Trinajstić information content (AvgIpc) is 3.88. The van der Waals surface area contributed by atoms with E-state index in [4.69, 9.17) is 0 Å². The molecule has 0 N–H and O–H groups in total. The van der Waals surface area contributed by atoms with Crippen LogP contribution < -0.4 is 4.90 Å². The number of benzene rings is 8. The Morgan fingerprint density at radius 1 is 0.426 bits per heavy atom. The number of para-hydroxylation sites is 3. The number of aromatic nitrogens is 1. The van der Waals surface area contributed by atoms with Crippen LogP contribution in [-0.4, -0.2) is 4.57 Å².